The number of methoxy groups -OCH3 is 1. The highest BCUT2D eigenvalue weighted by Gasteiger charge is 2.08. The molecule has 0 saturated carbocycles. The molecule has 3 N–H and O–H groups in total. The van der Waals surface area contributed by atoms with Crippen LogP contribution in [0.5, 0.6) is 5.75 Å². The summed E-state index contributed by atoms with van der Waals surface area (Å²) in [5.41, 5.74) is 8.16. The molecule has 0 bridgehead atoms. The van der Waals surface area contributed by atoms with Crippen LogP contribution in [0.1, 0.15) is 11.3 Å². The zero-order valence-electron chi connectivity index (χ0n) is 11.1. The summed E-state index contributed by atoms with van der Waals surface area (Å²) in [5, 5.41) is 3.22. The topological polar surface area (TPSA) is 60.2 Å². The Morgan fingerprint density at radius 3 is 2.75 bits per heavy atom. The number of halogens is 1. The molecule has 0 aliphatic carbocycles. The number of nitrogens with zero attached hydrogens (tertiary/aromatic N) is 1. The number of aryl methyl sites for hydroxylation is 1. The second-order valence-electron chi connectivity index (χ2n) is 4.22. The summed E-state index contributed by atoms with van der Waals surface area (Å²) >= 11 is 8.49. The number of benzene rings is 1. The molecule has 0 unspecified atom stereocenters. The van der Waals surface area contributed by atoms with Crippen LogP contribution in [0.15, 0.2) is 34.8 Å². The van der Waals surface area contributed by atoms with Crippen LogP contribution in [0.2, 0.25) is 0 Å². The van der Waals surface area contributed by atoms with Crippen molar-refractivity contribution in [2.24, 2.45) is 5.73 Å². The quantitative estimate of drug-likeness (QED) is 0.825. The minimum absolute atomic E-state index is 0.307. The average molecular weight is 352 g/mol. The van der Waals surface area contributed by atoms with Crippen LogP contribution in [0.4, 0.5) is 11.5 Å². The number of hydrogen-bond acceptors (Lipinski definition) is 4. The number of anilines is 2. The lowest BCUT2D eigenvalue weighted by Crippen LogP contribution is -2.13. The molecule has 0 radical (unpaired) electrons. The third-order valence-electron chi connectivity index (χ3n) is 2.67. The summed E-state index contributed by atoms with van der Waals surface area (Å²) in [7, 11) is 1.62. The van der Waals surface area contributed by atoms with Gasteiger partial charge in [0.1, 0.15) is 16.6 Å². The minimum Gasteiger partial charge on any atom is -0.497 e. The van der Waals surface area contributed by atoms with E-state index in [1.165, 1.54) is 0 Å². The van der Waals surface area contributed by atoms with Crippen molar-refractivity contribution in [2.75, 3.05) is 12.4 Å². The van der Waals surface area contributed by atoms with Crippen molar-refractivity contribution in [1.82, 2.24) is 4.98 Å². The van der Waals surface area contributed by atoms with Crippen molar-refractivity contribution >= 4 is 44.6 Å². The predicted octanol–water partition coefficient (Wildman–Crippen LogP) is 3.54. The minimum atomic E-state index is 0.307. The van der Waals surface area contributed by atoms with E-state index in [1.807, 2.05) is 37.3 Å². The molecule has 1 aromatic heterocycles. The highest BCUT2D eigenvalue weighted by Crippen LogP contribution is 2.27. The van der Waals surface area contributed by atoms with E-state index in [4.69, 9.17) is 22.7 Å². The largest absolute Gasteiger partial charge is 0.497 e. The Kier molecular flexibility index (Phi) is 4.57. The molecular formula is C14H14BrN3OS. The van der Waals surface area contributed by atoms with Gasteiger partial charge >= 0.3 is 0 Å². The van der Waals surface area contributed by atoms with E-state index < -0.39 is 0 Å². The van der Waals surface area contributed by atoms with Crippen LogP contribution in [0, 0.1) is 6.92 Å². The zero-order valence-corrected chi connectivity index (χ0v) is 13.5. The van der Waals surface area contributed by atoms with E-state index >= 15 is 0 Å². The normalized spacial score (nSPS) is 10.2. The maximum atomic E-state index is 5.72. The first-order valence-electron chi connectivity index (χ1n) is 5.88. The summed E-state index contributed by atoms with van der Waals surface area (Å²) in [5.74, 6) is 1.38. The molecule has 4 nitrogen and oxygen atoms in total. The fourth-order valence-corrected chi connectivity index (χ4v) is 2.38. The van der Waals surface area contributed by atoms with Gasteiger partial charge in [0.2, 0.25) is 0 Å². The van der Waals surface area contributed by atoms with Crippen LogP contribution < -0.4 is 15.8 Å². The molecule has 1 aromatic carbocycles. The first-order valence-corrected chi connectivity index (χ1v) is 7.09. The molecule has 6 heteroatoms. The van der Waals surface area contributed by atoms with E-state index in [9.17, 15) is 0 Å². The van der Waals surface area contributed by atoms with Crippen LogP contribution in [0.25, 0.3) is 0 Å². The Balaban J connectivity index is 2.41. The molecule has 0 aliphatic heterocycles. The summed E-state index contributed by atoms with van der Waals surface area (Å²) in [6, 6.07) is 9.42. The molecule has 0 aliphatic rings. The van der Waals surface area contributed by atoms with Crippen LogP contribution in [-0.2, 0) is 0 Å². The zero-order chi connectivity index (χ0) is 14.7. The molecule has 0 amide bonds. The van der Waals surface area contributed by atoms with Crippen molar-refractivity contribution in [2.45, 2.75) is 6.92 Å². The van der Waals surface area contributed by atoms with Crippen molar-refractivity contribution < 1.29 is 4.74 Å². The standard InChI is InChI=1S/C14H14BrN3OS/c1-8-3-4-12(13(16)20)14(17-8)18-10-5-9(15)6-11(7-10)19-2/h3-7H,1-2H3,(H2,16,20)(H,17,18). The second kappa shape index (κ2) is 6.19. The molecule has 20 heavy (non-hydrogen) atoms. The summed E-state index contributed by atoms with van der Waals surface area (Å²) in [4.78, 5) is 4.75. The molecule has 0 saturated heterocycles. The van der Waals surface area contributed by atoms with Crippen molar-refractivity contribution in [3.63, 3.8) is 0 Å². The fraction of sp³-hybridized carbons (Fsp3) is 0.143. The van der Waals surface area contributed by atoms with Gasteiger partial charge in [-0.25, -0.2) is 4.98 Å². The first-order chi connectivity index (χ1) is 9.49. The maximum Gasteiger partial charge on any atom is 0.140 e. The Hall–Kier alpha value is -1.66. The molecule has 0 fully saturated rings. The average Bonchev–Trinajstić information content (AvgIpc) is 2.37. The van der Waals surface area contributed by atoms with Gasteiger partial charge in [-0.1, -0.05) is 28.1 Å². The lowest BCUT2D eigenvalue weighted by molar-refractivity contribution is 0.415. The highest BCUT2D eigenvalue weighted by atomic mass is 79.9. The fourth-order valence-electron chi connectivity index (χ4n) is 1.74. The summed E-state index contributed by atoms with van der Waals surface area (Å²) < 4.78 is 6.14. The number of ether oxygens (including phenoxy) is 1. The lowest BCUT2D eigenvalue weighted by atomic mass is 10.2. The molecular weight excluding hydrogens is 338 g/mol. The van der Waals surface area contributed by atoms with Gasteiger partial charge in [0.05, 0.1) is 12.7 Å². The van der Waals surface area contributed by atoms with Gasteiger partial charge in [-0.15, -0.1) is 0 Å². The lowest BCUT2D eigenvalue weighted by Gasteiger charge is -2.12. The first kappa shape index (κ1) is 14.7. The Labute approximate surface area is 131 Å². The highest BCUT2D eigenvalue weighted by molar-refractivity contribution is 9.10. The SMILES string of the molecule is COc1cc(Br)cc(Nc2nc(C)ccc2C(N)=S)c1. The van der Waals surface area contributed by atoms with E-state index in [2.05, 4.69) is 26.2 Å². The van der Waals surface area contributed by atoms with Crippen molar-refractivity contribution in [1.29, 1.82) is 0 Å². The molecule has 0 atom stereocenters. The van der Waals surface area contributed by atoms with Crippen molar-refractivity contribution in [3.05, 3.63) is 46.1 Å². The molecule has 104 valence electrons. The molecule has 2 rings (SSSR count). The number of rotatable bonds is 4. The number of nitrogens with one attached hydrogen (secondary N) is 1. The van der Waals surface area contributed by atoms with Crippen LogP contribution >= 0.6 is 28.1 Å². The third-order valence-corrected chi connectivity index (χ3v) is 3.35. The van der Waals surface area contributed by atoms with Gasteiger partial charge in [0, 0.05) is 21.9 Å². The molecule has 0 spiro atoms. The molecule has 1 heterocycles. The predicted molar refractivity (Wildman–Crippen MR) is 88.8 cm³/mol. The third kappa shape index (κ3) is 3.46. The number of thiocarbonyl (C=S) groups is 1. The van der Waals surface area contributed by atoms with Crippen LogP contribution in [-0.4, -0.2) is 17.1 Å². The Morgan fingerprint density at radius 1 is 1.35 bits per heavy atom. The number of pyridine rings is 1. The second-order valence-corrected chi connectivity index (χ2v) is 5.57. The van der Waals surface area contributed by atoms with E-state index in [-0.39, 0.29) is 0 Å². The maximum absolute atomic E-state index is 5.72. The van der Waals surface area contributed by atoms with Crippen LogP contribution in [0.3, 0.4) is 0 Å². The Morgan fingerprint density at radius 2 is 2.10 bits per heavy atom. The van der Waals surface area contributed by atoms with Gasteiger partial charge < -0.3 is 15.8 Å². The van der Waals surface area contributed by atoms with Gasteiger partial charge in [0.15, 0.2) is 0 Å². The smallest absolute Gasteiger partial charge is 0.140 e. The van der Waals surface area contributed by atoms with Gasteiger partial charge in [-0.3, -0.25) is 0 Å². The number of hydrogen-bond donors (Lipinski definition) is 2. The number of nitrogens with two attached hydrogens (primary N) is 1. The Bertz CT molecular complexity index is 661. The van der Waals surface area contributed by atoms with Gasteiger partial charge in [0.25, 0.3) is 0 Å². The summed E-state index contributed by atoms with van der Waals surface area (Å²) in [6.45, 7) is 1.91. The van der Waals surface area contributed by atoms with E-state index in [0.717, 1.165) is 21.6 Å². The molecule has 2 aromatic rings. The summed E-state index contributed by atoms with van der Waals surface area (Å²) in [6.07, 6.45) is 0. The van der Waals surface area contributed by atoms with Crippen molar-refractivity contribution in [3.8, 4) is 5.75 Å². The van der Waals surface area contributed by atoms with E-state index in [1.54, 1.807) is 7.11 Å². The van der Waals surface area contributed by atoms with E-state index in [0.29, 0.717) is 16.4 Å². The van der Waals surface area contributed by atoms with Gasteiger partial charge in [-0.05, 0) is 31.2 Å². The monoisotopic (exact) mass is 351 g/mol. The van der Waals surface area contributed by atoms with Gasteiger partial charge in [-0.2, -0.15) is 0 Å². The number of aromatic nitrogens is 1.